The Morgan fingerprint density at radius 1 is 1.05 bits per heavy atom. The molecule has 1 heterocycles. The summed E-state index contributed by atoms with van der Waals surface area (Å²) in [6, 6.07) is 3.72. The number of rotatable bonds is 1. The second-order valence-electron chi connectivity index (χ2n) is 4.66. The lowest BCUT2D eigenvalue weighted by atomic mass is 9.90. The standard InChI is InChI=1S/C13H10FN3O2/c1-6(2)17-15-10-8-4-3-7(14)5-9(8)12(18)13(19)11(10)16-17/h3-6H,1-2H3. The fourth-order valence-corrected chi connectivity index (χ4v) is 2.03. The number of carbonyl (C=O) groups is 2. The maximum atomic E-state index is 13.2. The number of carbonyl (C=O) groups excluding carboxylic acids is 2. The molecule has 1 aliphatic carbocycles. The Bertz CT molecular complexity index is 719. The van der Waals surface area contributed by atoms with Crippen molar-refractivity contribution in [3.05, 3.63) is 35.3 Å². The van der Waals surface area contributed by atoms with Crippen LogP contribution < -0.4 is 0 Å². The fraction of sp³-hybridized carbons (Fsp3) is 0.231. The van der Waals surface area contributed by atoms with Crippen molar-refractivity contribution in [1.29, 1.82) is 0 Å². The average molecular weight is 259 g/mol. The summed E-state index contributed by atoms with van der Waals surface area (Å²) < 4.78 is 13.2. The topological polar surface area (TPSA) is 64.8 Å². The van der Waals surface area contributed by atoms with Gasteiger partial charge in [0.2, 0.25) is 5.78 Å². The molecule has 96 valence electrons. The van der Waals surface area contributed by atoms with Crippen molar-refractivity contribution in [1.82, 2.24) is 15.0 Å². The Balaban J connectivity index is 2.30. The first-order chi connectivity index (χ1) is 8.99. The van der Waals surface area contributed by atoms with E-state index in [1.54, 1.807) is 0 Å². The molecule has 0 atom stereocenters. The summed E-state index contributed by atoms with van der Waals surface area (Å²) in [6.45, 7) is 3.73. The summed E-state index contributed by atoms with van der Waals surface area (Å²) in [5.41, 5.74) is 0.882. The average Bonchev–Trinajstić information content (AvgIpc) is 2.81. The van der Waals surface area contributed by atoms with Gasteiger partial charge >= 0.3 is 0 Å². The summed E-state index contributed by atoms with van der Waals surface area (Å²) >= 11 is 0. The first-order valence-corrected chi connectivity index (χ1v) is 5.85. The Hall–Kier alpha value is -2.37. The molecule has 0 radical (unpaired) electrons. The molecule has 1 aromatic carbocycles. The van der Waals surface area contributed by atoms with Crippen LogP contribution in [0.1, 0.15) is 40.7 Å². The van der Waals surface area contributed by atoms with Gasteiger partial charge in [0.25, 0.3) is 5.78 Å². The van der Waals surface area contributed by atoms with Gasteiger partial charge in [0, 0.05) is 11.1 Å². The largest absolute Gasteiger partial charge is 0.285 e. The lowest BCUT2D eigenvalue weighted by Crippen LogP contribution is -2.21. The first-order valence-electron chi connectivity index (χ1n) is 5.85. The van der Waals surface area contributed by atoms with E-state index in [1.165, 1.54) is 16.9 Å². The lowest BCUT2D eigenvalue weighted by Gasteiger charge is -2.11. The van der Waals surface area contributed by atoms with Crippen molar-refractivity contribution in [3.8, 4) is 11.3 Å². The third-order valence-corrected chi connectivity index (χ3v) is 2.99. The number of benzene rings is 1. The molecule has 5 nitrogen and oxygen atoms in total. The minimum atomic E-state index is -0.738. The number of fused-ring (bicyclic) bond motifs is 3. The normalized spacial score (nSPS) is 13.7. The van der Waals surface area contributed by atoms with E-state index >= 15 is 0 Å². The number of hydrogen-bond acceptors (Lipinski definition) is 4. The van der Waals surface area contributed by atoms with Gasteiger partial charge < -0.3 is 0 Å². The van der Waals surface area contributed by atoms with Crippen molar-refractivity contribution in [2.45, 2.75) is 19.9 Å². The molecule has 0 spiro atoms. The highest BCUT2D eigenvalue weighted by molar-refractivity contribution is 6.52. The second-order valence-corrected chi connectivity index (χ2v) is 4.66. The van der Waals surface area contributed by atoms with Crippen molar-refractivity contribution >= 4 is 11.6 Å². The van der Waals surface area contributed by atoms with E-state index in [1.807, 2.05) is 13.8 Å². The van der Waals surface area contributed by atoms with Gasteiger partial charge in [0.1, 0.15) is 11.5 Å². The van der Waals surface area contributed by atoms with Gasteiger partial charge in [-0.05, 0) is 32.0 Å². The predicted molar refractivity (Wildman–Crippen MR) is 64.5 cm³/mol. The van der Waals surface area contributed by atoms with Crippen LogP contribution in [0.4, 0.5) is 4.39 Å². The summed E-state index contributed by atoms with van der Waals surface area (Å²) in [5, 5.41) is 8.26. The molecule has 0 unspecified atom stereocenters. The Morgan fingerprint density at radius 3 is 2.42 bits per heavy atom. The highest BCUT2D eigenvalue weighted by Crippen LogP contribution is 2.31. The number of nitrogens with zero attached hydrogens (tertiary/aromatic N) is 3. The van der Waals surface area contributed by atoms with Gasteiger partial charge in [0.15, 0.2) is 5.69 Å². The molecule has 3 rings (SSSR count). The van der Waals surface area contributed by atoms with Crippen molar-refractivity contribution in [2.24, 2.45) is 0 Å². The van der Waals surface area contributed by atoms with E-state index in [9.17, 15) is 14.0 Å². The van der Waals surface area contributed by atoms with E-state index in [4.69, 9.17) is 0 Å². The zero-order valence-electron chi connectivity index (χ0n) is 10.3. The molecule has 6 heteroatoms. The highest BCUT2D eigenvalue weighted by Gasteiger charge is 2.35. The van der Waals surface area contributed by atoms with Gasteiger partial charge in [-0.25, -0.2) is 4.39 Å². The molecule has 1 aliphatic rings. The van der Waals surface area contributed by atoms with Gasteiger partial charge in [0.05, 0.1) is 6.04 Å². The second kappa shape index (κ2) is 3.81. The molecule has 0 saturated carbocycles. The van der Waals surface area contributed by atoms with Gasteiger partial charge in [-0.1, -0.05) is 0 Å². The molecule has 0 bridgehead atoms. The third kappa shape index (κ3) is 1.60. The van der Waals surface area contributed by atoms with Crippen LogP contribution in [-0.4, -0.2) is 26.6 Å². The Labute approximate surface area is 108 Å². The Morgan fingerprint density at radius 2 is 1.74 bits per heavy atom. The van der Waals surface area contributed by atoms with E-state index in [-0.39, 0.29) is 17.3 Å². The molecular weight excluding hydrogens is 249 g/mol. The summed E-state index contributed by atoms with van der Waals surface area (Å²) in [5.74, 6) is -2.03. The number of halogens is 1. The molecule has 0 aliphatic heterocycles. The molecule has 19 heavy (non-hydrogen) atoms. The molecule has 1 aromatic heterocycles. The minimum absolute atomic E-state index is 0.0302. The maximum Gasteiger partial charge on any atom is 0.256 e. The maximum absolute atomic E-state index is 13.2. The third-order valence-electron chi connectivity index (χ3n) is 2.99. The van der Waals surface area contributed by atoms with E-state index < -0.39 is 17.4 Å². The van der Waals surface area contributed by atoms with Crippen LogP contribution in [0.5, 0.6) is 0 Å². The monoisotopic (exact) mass is 259 g/mol. The van der Waals surface area contributed by atoms with Crippen molar-refractivity contribution in [2.75, 3.05) is 0 Å². The lowest BCUT2D eigenvalue weighted by molar-refractivity contribution is 0.0811. The van der Waals surface area contributed by atoms with Crippen LogP contribution in [0.3, 0.4) is 0 Å². The van der Waals surface area contributed by atoms with Crippen LogP contribution in [-0.2, 0) is 0 Å². The number of aromatic nitrogens is 3. The summed E-state index contributed by atoms with van der Waals surface area (Å²) in [7, 11) is 0. The first kappa shape index (κ1) is 11.7. The van der Waals surface area contributed by atoms with Crippen LogP contribution in [0.2, 0.25) is 0 Å². The van der Waals surface area contributed by atoms with Crippen LogP contribution in [0, 0.1) is 5.82 Å². The van der Waals surface area contributed by atoms with Crippen molar-refractivity contribution < 1.29 is 14.0 Å². The number of ketones is 2. The van der Waals surface area contributed by atoms with Gasteiger partial charge in [-0.2, -0.15) is 9.90 Å². The molecule has 0 fully saturated rings. The number of hydrogen-bond donors (Lipinski definition) is 0. The minimum Gasteiger partial charge on any atom is -0.285 e. The molecule has 0 amide bonds. The smallest absolute Gasteiger partial charge is 0.256 e. The van der Waals surface area contributed by atoms with Crippen molar-refractivity contribution in [3.63, 3.8) is 0 Å². The zero-order chi connectivity index (χ0) is 13.7. The van der Waals surface area contributed by atoms with E-state index in [0.717, 1.165) is 6.07 Å². The van der Waals surface area contributed by atoms with E-state index in [0.29, 0.717) is 11.3 Å². The van der Waals surface area contributed by atoms with Gasteiger partial charge in [-0.15, -0.1) is 5.10 Å². The zero-order valence-corrected chi connectivity index (χ0v) is 10.3. The molecular formula is C13H10FN3O2. The van der Waals surface area contributed by atoms with Crippen LogP contribution in [0.15, 0.2) is 18.2 Å². The molecule has 0 saturated heterocycles. The Kier molecular flexibility index (Phi) is 2.35. The summed E-state index contributed by atoms with van der Waals surface area (Å²) in [6.07, 6.45) is 0. The highest BCUT2D eigenvalue weighted by atomic mass is 19.1. The van der Waals surface area contributed by atoms with Gasteiger partial charge in [-0.3, -0.25) is 9.59 Å². The van der Waals surface area contributed by atoms with Crippen LogP contribution >= 0.6 is 0 Å². The molecule has 2 aromatic rings. The van der Waals surface area contributed by atoms with E-state index in [2.05, 4.69) is 10.2 Å². The quantitative estimate of drug-likeness (QED) is 0.735. The summed E-state index contributed by atoms with van der Waals surface area (Å²) in [4.78, 5) is 25.2. The SMILES string of the molecule is CC(C)n1nc2c(n1)-c1ccc(F)cc1C(=O)C2=O. The predicted octanol–water partition coefficient (Wildman–Crippen LogP) is 2.04. The van der Waals surface area contributed by atoms with Crippen LogP contribution in [0.25, 0.3) is 11.3 Å². The fourth-order valence-electron chi connectivity index (χ4n) is 2.03. The molecule has 0 N–H and O–H groups in total. The number of Topliss-reactive ketones (excluding diaryl/α,β-unsaturated/α-hetero) is 2.